The molecule has 0 spiro atoms. The van der Waals surface area contributed by atoms with E-state index in [1.54, 1.807) is 18.4 Å². The molecule has 2 aromatic heterocycles. The van der Waals surface area contributed by atoms with Gasteiger partial charge in [-0.15, -0.1) is 11.3 Å². The SMILES string of the molecule is Cn1cnc(N2CC(C(=O)N3CCc4sccc4C3)C2)cc1=O. The third kappa shape index (κ3) is 2.55. The van der Waals surface area contributed by atoms with E-state index >= 15 is 0 Å². The molecule has 6 nitrogen and oxygen atoms in total. The summed E-state index contributed by atoms with van der Waals surface area (Å²) < 4.78 is 1.44. The molecule has 4 heterocycles. The molecule has 0 aromatic carbocycles. The van der Waals surface area contributed by atoms with Crippen molar-refractivity contribution in [3.63, 3.8) is 0 Å². The number of amides is 1. The zero-order valence-electron chi connectivity index (χ0n) is 12.9. The molecule has 0 bridgehead atoms. The van der Waals surface area contributed by atoms with Crippen LogP contribution in [0.1, 0.15) is 10.4 Å². The Morgan fingerprint density at radius 2 is 2.22 bits per heavy atom. The van der Waals surface area contributed by atoms with Gasteiger partial charge in [0.1, 0.15) is 5.82 Å². The van der Waals surface area contributed by atoms with Crippen molar-refractivity contribution >= 4 is 23.1 Å². The smallest absolute Gasteiger partial charge is 0.255 e. The third-order valence-corrected chi connectivity index (χ3v) is 5.66. The Kier molecular flexibility index (Phi) is 3.45. The molecule has 120 valence electrons. The van der Waals surface area contributed by atoms with Gasteiger partial charge in [-0.2, -0.15) is 0 Å². The van der Waals surface area contributed by atoms with Gasteiger partial charge < -0.3 is 14.4 Å². The number of hydrogen-bond acceptors (Lipinski definition) is 5. The van der Waals surface area contributed by atoms with Crippen molar-refractivity contribution in [2.75, 3.05) is 24.5 Å². The van der Waals surface area contributed by atoms with Crippen LogP contribution in [-0.2, 0) is 24.8 Å². The quantitative estimate of drug-likeness (QED) is 0.820. The maximum absolute atomic E-state index is 12.6. The van der Waals surface area contributed by atoms with Crippen LogP contribution in [-0.4, -0.2) is 40.0 Å². The fourth-order valence-corrected chi connectivity index (χ4v) is 4.03. The van der Waals surface area contributed by atoms with Crippen LogP contribution < -0.4 is 10.5 Å². The first kappa shape index (κ1) is 14.4. The molecule has 2 aliphatic rings. The highest BCUT2D eigenvalue weighted by atomic mass is 32.1. The number of aryl methyl sites for hydroxylation is 1. The number of rotatable bonds is 2. The zero-order chi connectivity index (χ0) is 16.0. The molecule has 1 saturated heterocycles. The lowest BCUT2D eigenvalue weighted by atomic mass is 9.97. The number of hydrogen-bond donors (Lipinski definition) is 0. The van der Waals surface area contributed by atoms with Crippen LogP contribution in [0.3, 0.4) is 0 Å². The minimum Gasteiger partial charge on any atom is -0.355 e. The molecule has 0 unspecified atom stereocenters. The van der Waals surface area contributed by atoms with Gasteiger partial charge >= 0.3 is 0 Å². The van der Waals surface area contributed by atoms with E-state index in [-0.39, 0.29) is 17.4 Å². The number of aromatic nitrogens is 2. The van der Waals surface area contributed by atoms with E-state index in [9.17, 15) is 9.59 Å². The summed E-state index contributed by atoms with van der Waals surface area (Å²) in [4.78, 5) is 33.9. The second kappa shape index (κ2) is 5.49. The van der Waals surface area contributed by atoms with E-state index in [1.165, 1.54) is 27.4 Å². The van der Waals surface area contributed by atoms with Crippen molar-refractivity contribution in [2.45, 2.75) is 13.0 Å². The Balaban J connectivity index is 1.39. The first-order valence-electron chi connectivity index (χ1n) is 7.73. The lowest BCUT2D eigenvalue weighted by molar-refractivity contribution is -0.137. The lowest BCUT2D eigenvalue weighted by Crippen LogP contribution is -2.55. The maximum Gasteiger partial charge on any atom is 0.255 e. The van der Waals surface area contributed by atoms with Crippen LogP contribution in [0.25, 0.3) is 0 Å². The predicted molar refractivity (Wildman–Crippen MR) is 88.6 cm³/mol. The topological polar surface area (TPSA) is 58.4 Å². The van der Waals surface area contributed by atoms with Gasteiger partial charge in [-0.3, -0.25) is 9.59 Å². The number of carbonyl (C=O) groups is 1. The Bertz CT molecular complexity index is 806. The monoisotopic (exact) mass is 330 g/mol. The highest BCUT2D eigenvalue weighted by Gasteiger charge is 2.37. The van der Waals surface area contributed by atoms with Crippen LogP contribution in [0.5, 0.6) is 0 Å². The van der Waals surface area contributed by atoms with Crippen molar-refractivity contribution in [1.29, 1.82) is 0 Å². The third-order valence-electron chi connectivity index (χ3n) is 4.64. The summed E-state index contributed by atoms with van der Waals surface area (Å²) in [6.07, 6.45) is 2.49. The molecule has 1 fully saturated rings. The summed E-state index contributed by atoms with van der Waals surface area (Å²) in [6.45, 7) is 2.84. The molecule has 4 rings (SSSR count). The molecule has 0 atom stereocenters. The largest absolute Gasteiger partial charge is 0.355 e. The van der Waals surface area contributed by atoms with E-state index in [0.29, 0.717) is 18.9 Å². The summed E-state index contributed by atoms with van der Waals surface area (Å²) >= 11 is 1.78. The Morgan fingerprint density at radius 1 is 1.39 bits per heavy atom. The fraction of sp³-hybridized carbons (Fsp3) is 0.438. The van der Waals surface area contributed by atoms with Crippen LogP contribution in [0.2, 0.25) is 0 Å². The van der Waals surface area contributed by atoms with Gasteiger partial charge in [-0.1, -0.05) is 0 Å². The predicted octanol–water partition coefficient (Wildman–Crippen LogP) is 0.863. The van der Waals surface area contributed by atoms with Crippen LogP contribution in [0, 0.1) is 5.92 Å². The number of nitrogens with zero attached hydrogens (tertiary/aromatic N) is 4. The average Bonchev–Trinajstić information content (AvgIpc) is 2.96. The second-order valence-electron chi connectivity index (χ2n) is 6.18. The van der Waals surface area contributed by atoms with Gasteiger partial charge in [-0.05, 0) is 23.4 Å². The molecule has 1 amide bonds. The van der Waals surface area contributed by atoms with Crippen LogP contribution in [0.4, 0.5) is 5.82 Å². The Labute approximate surface area is 138 Å². The molecule has 2 aliphatic heterocycles. The minimum absolute atomic E-state index is 0.0149. The first-order chi connectivity index (χ1) is 11.1. The fourth-order valence-electron chi connectivity index (χ4n) is 3.14. The summed E-state index contributed by atoms with van der Waals surface area (Å²) in [5, 5.41) is 2.10. The van der Waals surface area contributed by atoms with Gasteiger partial charge in [-0.25, -0.2) is 4.98 Å². The summed E-state index contributed by atoms with van der Waals surface area (Å²) in [5.41, 5.74) is 1.21. The molecule has 7 heteroatoms. The zero-order valence-corrected chi connectivity index (χ0v) is 13.8. The molecule has 2 aromatic rings. The maximum atomic E-state index is 12.6. The van der Waals surface area contributed by atoms with Crippen molar-refractivity contribution in [1.82, 2.24) is 14.5 Å². The van der Waals surface area contributed by atoms with E-state index < -0.39 is 0 Å². The van der Waals surface area contributed by atoms with Gasteiger partial charge in [0.2, 0.25) is 5.91 Å². The first-order valence-corrected chi connectivity index (χ1v) is 8.61. The molecular formula is C16H18N4O2S. The number of anilines is 1. The molecule has 0 aliphatic carbocycles. The van der Waals surface area contributed by atoms with E-state index in [0.717, 1.165) is 19.5 Å². The summed E-state index contributed by atoms with van der Waals surface area (Å²) in [7, 11) is 1.68. The highest BCUT2D eigenvalue weighted by Crippen LogP contribution is 2.28. The molecule has 0 N–H and O–H groups in total. The average molecular weight is 330 g/mol. The van der Waals surface area contributed by atoms with Gasteiger partial charge in [0.05, 0.1) is 12.2 Å². The minimum atomic E-state index is -0.0780. The van der Waals surface area contributed by atoms with Crippen molar-refractivity contribution in [3.05, 3.63) is 44.6 Å². The Morgan fingerprint density at radius 3 is 3.00 bits per heavy atom. The highest BCUT2D eigenvalue weighted by molar-refractivity contribution is 7.10. The van der Waals surface area contributed by atoms with Crippen molar-refractivity contribution in [3.8, 4) is 0 Å². The van der Waals surface area contributed by atoms with Crippen LogP contribution in [0.15, 0.2) is 28.6 Å². The number of thiophene rings is 1. The van der Waals surface area contributed by atoms with Gasteiger partial charge in [0.15, 0.2) is 0 Å². The molecule has 0 saturated carbocycles. The standard InChI is InChI=1S/C16H18N4O2S/c1-18-10-17-14(6-15(18)21)20-8-12(9-20)16(22)19-4-2-13-11(7-19)3-5-23-13/h3,5-6,10,12H,2,4,7-9H2,1H3. The second-order valence-corrected chi connectivity index (χ2v) is 7.18. The van der Waals surface area contributed by atoms with Crippen molar-refractivity contribution in [2.24, 2.45) is 13.0 Å². The van der Waals surface area contributed by atoms with E-state index in [4.69, 9.17) is 0 Å². The Hall–Kier alpha value is -2.15. The van der Waals surface area contributed by atoms with Gasteiger partial charge in [0.25, 0.3) is 5.56 Å². The van der Waals surface area contributed by atoms with E-state index in [1.807, 2.05) is 9.80 Å². The summed E-state index contributed by atoms with van der Waals surface area (Å²) in [6, 6.07) is 3.65. The lowest BCUT2D eigenvalue weighted by Gasteiger charge is -2.42. The molecule has 0 radical (unpaired) electrons. The molecular weight excluding hydrogens is 312 g/mol. The van der Waals surface area contributed by atoms with Gasteiger partial charge in [0, 0.05) is 44.2 Å². The number of carbonyl (C=O) groups excluding carboxylic acids is 1. The number of fused-ring (bicyclic) bond motifs is 1. The normalized spacial score (nSPS) is 17.8. The van der Waals surface area contributed by atoms with E-state index in [2.05, 4.69) is 16.4 Å². The molecule has 23 heavy (non-hydrogen) atoms. The summed E-state index contributed by atoms with van der Waals surface area (Å²) in [5.74, 6) is 0.902. The van der Waals surface area contributed by atoms with Crippen LogP contribution >= 0.6 is 11.3 Å². The van der Waals surface area contributed by atoms with Crippen molar-refractivity contribution < 1.29 is 4.79 Å².